The largest absolute Gasteiger partial charge is 0.339 e. The second-order valence-corrected chi connectivity index (χ2v) is 15.4. The van der Waals surface area contributed by atoms with Gasteiger partial charge in [-0.15, -0.1) is 0 Å². The van der Waals surface area contributed by atoms with Gasteiger partial charge < -0.3 is 48.9 Å². The molecule has 0 aromatic heterocycles. The van der Waals surface area contributed by atoms with Crippen molar-refractivity contribution in [2.24, 2.45) is 0 Å². The zero-order valence-corrected chi connectivity index (χ0v) is 21.6. The maximum Gasteiger partial charge on any atom is 0.339 e. The third-order valence-electron chi connectivity index (χ3n) is 3.60. The molecule has 0 fully saturated rings. The monoisotopic (exact) mass is 587 g/mol. The smallest absolute Gasteiger partial charge is 0.324 e. The van der Waals surface area contributed by atoms with E-state index in [9.17, 15) is 32.6 Å². The van der Waals surface area contributed by atoms with Crippen LogP contribution in [0.1, 0.15) is 6.42 Å². The van der Waals surface area contributed by atoms with E-state index in [1.807, 2.05) is 0 Å². The van der Waals surface area contributed by atoms with Gasteiger partial charge in [0.1, 0.15) is 31.4 Å². The molecule has 0 amide bonds. The van der Waals surface area contributed by atoms with Gasteiger partial charge in [-0.2, -0.15) is 0 Å². The Balaban J connectivity index is 5.25. The van der Waals surface area contributed by atoms with E-state index in [2.05, 4.69) is 0 Å². The van der Waals surface area contributed by atoms with E-state index < -0.39 is 76.0 Å². The first kappa shape index (κ1) is 33.6. The van der Waals surface area contributed by atoms with Crippen LogP contribution in [0, 0.1) is 0 Å². The van der Waals surface area contributed by atoms with E-state index in [1.54, 1.807) is 0 Å². The standard InChI is InChI=1S/C10H30N3O15P5/c14-29(15,16)6-11(4-5-13(9-32(23,24)25)10-33(26,27)28)2-1-3-12(7-30(17,18)19)8-31(20,21)22/h1-10H2,(H2,14,15,16)(H2,17,18,19)(H2,20,21,22)(H2,23,24,25)(H2,26,27,28). The van der Waals surface area contributed by atoms with Crippen molar-refractivity contribution in [3.8, 4) is 0 Å². The molecule has 0 spiro atoms. The third kappa shape index (κ3) is 22.8. The van der Waals surface area contributed by atoms with E-state index in [-0.39, 0.29) is 26.1 Å². The lowest BCUT2D eigenvalue weighted by Gasteiger charge is -2.29. The van der Waals surface area contributed by atoms with Gasteiger partial charge in [0.05, 0.1) is 0 Å². The highest BCUT2D eigenvalue weighted by molar-refractivity contribution is 7.53. The minimum Gasteiger partial charge on any atom is -0.324 e. The van der Waals surface area contributed by atoms with Crippen LogP contribution in [-0.4, -0.2) is 121 Å². The second kappa shape index (κ2) is 13.3. The fraction of sp³-hybridized carbons (Fsp3) is 1.00. The van der Waals surface area contributed by atoms with Gasteiger partial charge >= 0.3 is 38.0 Å². The summed E-state index contributed by atoms with van der Waals surface area (Å²) in [6, 6.07) is 0. The Kier molecular flexibility index (Phi) is 13.5. The molecule has 0 unspecified atom stereocenters. The second-order valence-electron chi connectivity index (χ2n) is 7.29. The van der Waals surface area contributed by atoms with Crippen molar-refractivity contribution in [3.63, 3.8) is 0 Å². The van der Waals surface area contributed by atoms with Crippen LogP contribution in [0.15, 0.2) is 0 Å². The average Bonchev–Trinajstić information content (AvgIpc) is 2.44. The summed E-state index contributed by atoms with van der Waals surface area (Å²) in [7, 11) is -23.5. The van der Waals surface area contributed by atoms with Gasteiger partial charge in [0.15, 0.2) is 0 Å². The number of nitrogens with zero attached hydrogens (tertiary/aromatic N) is 3. The van der Waals surface area contributed by atoms with E-state index in [4.69, 9.17) is 39.1 Å². The van der Waals surface area contributed by atoms with Gasteiger partial charge in [-0.3, -0.25) is 37.5 Å². The molecule has 0 aliphatic heterocycles. The maximum atomic E-state index is 11.4. The van der Waals surface area contributed by atoms with Gasteiger partial charge in [-0.1, -0.05) is 0 Å². The van der Waals surface area contributed by atoms with Gasteiger partial charge in [-0.25, -0.2) is 0 Å². The Morgan fingerprint density at radius 3 is 0.879 bits per heavy atom. The van der Waals surface area contributed by atoms with Crippen LogP contribution >= 0.6 is 38.0 Å². The number of rotatable bonds is 17. The molecule has 33 heavy (non-hydrogen) atoms. The van der Waals surface area contributed by atoms with Crippen LogP contribution in [0.5, 0.6) is 0 Å². The molecule has 0 radical (unpaired) electrons. The minimum atomic E-state index is -4.73. The Hall–Kier alpha value is 0.630. The molecule has 0 rings (SSSR count). The molecule has 0 aliphatic rings. The molecule has 0 aromatic carbocycles. The molecular weight excluding hydrogens is 557 g/mol. The lowest BCUT2D eigenvalue weighted by Crippen LogP contribution is -2.38. The summed E-state index contributed by atoms with van der Waals surface area (Å²) < 4.78 is 56.1. The van der Waals surface area contributed by atoms with E-state index >= 15 is 0 Å². The Morgan fingerprint density at radius 2 is 0.576 bits per heavy atom. The number of hydrogen-bond acceptors (Lipinski definition) is 8. The summed E-state index contributed by atoms with van der Waals surface area (Å²) >= 11 is 0. The lowest BCUT2D eigenvalue weighted by atomic mass is 10.3. The fourth-order valence-electron chi connectivity index (χ4n) is 2.73. The van der Waals surface area contributed by atoms with Crippen molar-refractivity contribution in [1.82, 2.24) is 14.7 Å². The summed E-state index contributed by atoms with van der Waals surface area (Å²) in [6.07, 6.45) is -4.95. The first-order valence-corrected chi connectivity index (χ1v) is 17.8. The predicted molar refractivity (Wildman–Crippen MR) is 114 cm³/mol. The predicted octanol–water partition coefficient (Wildman–Crippen LogP) is -2.04. The Morgan fingerprint density at radius 1 is 0.364 bits per heavy atom. The normalized spacial score (nSPS) is 14.6. The molecule has 0 saturated heterocycles. The van der Waals surface area contributed by atoms with Gasteiger partial charge in [-0.05, 0) is 6.42 Å². The van der Waals surface area contributed by atoms with Crippen molar-refractivity contribution in [1.29, 1.82) is 0 Å². The van der Waals surface area contributed by atoms with Crippen LogP contribution in [0.4, 0.5) is 0 Å². The molecule has 0 heterocycles. The van der Waals surface area contributed by atoms with Crippen molar-refractivity contribution in [3.05, 3.63) is 0 Å². The Bertz CT molecular complexity index is 793. The van der Waals surface area contributed by atoms with E-state index in [1.165, 1.54) is 0 Å². The molecule has 0 atom stereocenters. The van der Waals surface area contributed by atoms with Crippen molar-refractivity contribution < 1.29 is 71.8 Å². The summed E-state index contributed by atoms with van der Waals surface area (Å²) in [5.41, 5.74) is 0. The molecule has 10 N–H and O–H groups in total. The van der Waals surface area contributed by atoms with Crippen LogP contribution in [0.2, 0.25) is 0 Å². The highest BCUT2D eigenvalue weighted by Gasteiger charge is 2.28. The molecule has 200 valence electrons. The summed E-state index contributed by atoms with van der Waals surface area (Å²) in [5.74, 6) is 0. The topological polar surface area (TPSA) is 297 Å². The average molecular weight is 587 g/mol. The van der Waals surface area contributed by atoms with Crippen molar-refractivity contribution in [2.45, 2.75) is 6.42 Å². The van der Waals surface area contributed by atoms with Crippen LogP contribution in [-0.2, 0) is 22.8 Å². The third-order valence-corrected chi connectivity index (χ3v) is 7.44. The minimum absolute atomic E-state index is 0.0863. The zero-order chi connectivity index (χ0) is 26.3. The van der Waals surface area contributed by atoms with E-state index in [0.717, 1.165) is 14.7 Å². The summed E-state index contributed by atoms with van der Waals surface area (Å²) in [6.45, 7) is -1.21. The van der Waals surface area contributed by atoms with Crippen molar-refractivity contribution >= 4 is 38.0 Å². The zero-order valence-electron chi connectivity index (χ0n) is 17.2. The quantitative estimate of drug-likeness (QED) is 0.0820. The van der Waals surface area contributed by atoms with Crippen LogP contribution in [0.3, 0.4) is 0 Å². The molecule has 0 aliphatic carbocycles. The SMILES string of the molecule is O=P(O)(O)CN(CCCN(CP(=O)(O)O)CP(=O)(O)O)CCN(CP(=O)(O)O)CP(=O)(O)O. The molecule has 18 nitrogen and oxygen atoms in total. The highest BCUT2D eigenvalue weighted by atomic mass is 31.2. The molecule has 0 saturated carbocycles. The molecule has 0 aromatic rings. The summed E-state index contributed by atoms with van der Waals surface area (Å²) in [5, 5.41) is 0. The molecular formula is C10H30N3O15P5. The molecule has 0 bridgehead atoms. The first-order chi connectivity index (χ1) is 14.4. The van der Waals surface area contributed by atoms with Gasteiger partial charge in [0.2, 0.25) is 0 Å². The Labute approximate surface area is 189 Å². The maximum absolute atomic E-state index is 11.4. The molecule has 23 heteroatoms. The lowest BCUT2D eigenvalue weighted by molar-refractivity contribution is 0.210. The van der Waals surface area contributed by atoms with Crippen molar-refractivity contribution in [2.75, 3.05) is 57.6 Å². The first-order valence-electron chi connectivity index (χ1n) is 8.84. The number of hydrogen-bond donors (Lipinski definition) is 10. The highest BCUT2D eigenvalue weighted by Crippen LogP contribution is 2.42. The van der Waals surface area contributed by atoms with Gasteiger partial charge in [0.25, 0.3) is 0 Å². The van der Waals surface area contributed by atoms with Gasteiger partial charge in [0, 0.05) is 26.2 Å². The van der Waals surface area contributed by atoms with E-state index in [0.29, 0.717) is 0 Å². The van der Waals surface area contributed by atoms with Crippen LogP contribution in [0.25, 0.3) is 0 Å². The fourth-order valence-corrected chi connectivity index (χ4v) is 6.90. The van der Waals surface area contributed by atoms with Crippen LogP contribution < -0.4 is 0 Å². The summed E-state index contributed by atoms with van der Waals surface area (Å²) in [4.78, 5) is 93.5.